The van der Waals surface area contributed by atoms with E-state index in [4.69, 9.17) is 10.2 Å². The Morgan fingerprint density at radius 1 is 1.38 bits per heavy atom. The van der Waals surface area contributed by atoms with Gasteiger partial charge in [0.25, 0.3) is 0 Å². The van der Waals surface area contributed by atoms with Crippen LogP contribution in [0.2, 0.25) is 0 Å². The molecule has 112 valence electrons. The third kappa shape index (κ3) is 3.26. The van der Waals surface area contributed by atoms with Crippen LogP contribution in [0.15, 0.2) is 29.2 Å². The number of aliphatic carboxylic acids is 1. The number of aliphatic hydroxyl groups is 1. The summed E-state index contributed by atoms with van der Waals surface area (Å²) >= 11 is 0. The molecule has 0 saturated carbocycles. The number of rotatable bonds is 6. The molecule has 0 aromatic carbocycles. The molecular weight excluding hydrogens is 280 g/mol. The van der Waals surface area contributed by atoms with E-state index in [1.807, 2.05) is 0 Å². The normalized spacial score (nSPS) is 12.2. The van der Waals surface area contributed by atoms with Crippen LogP contribution < -0.4 is 11.0 Å². The number of hydrogen-bond donors (Lipinski definition) is 3. The van der Waals surface area contributed by atoms with Crippen LogP contribution in [-0.4, -0.2) is 48.9 Å². The fourth-order valence-corrected chi connectivity index (χ4v) is 1.83. The third-order valence-electron chi connectivity index (χ3n) is 2.83. The number of carboxylic acids is 1. The van der Waals surface area contributed by atoms with Crippen molar-refractivity contribution < 1.29 is 19.8 Å². The summed E-state index contributed by atoms with van der Waals surface area (Å²) in [7, 11) is 0. The topological polar surface area (TPSA) is 126 Å². The van der Waals surface area contributed by atoms with Gasteiger partial charge in [-0.2, -0.15) is 0 Å². The number of carboxylic acid groups (broad SMARTS) is 1. The second-order valence-electron chi connectivity index (χ2n) is 4.34. The lowest BCUT2D eigenvalue weighted by molar-refractivity contribution is -0.142. The van der Waals surface area contributed by atoms with E-state index in [2.05, 4.69) is 10.4 Å². The molecule has 9 nitrogen and oxygen atoms in total. The van der Waals surface area contributed by atoms with Gasteiger partial charge in [-0.1, -0.05) is 6.07 Å². The molecule has 1 unspecified atom stereocenters. The molecule has 2 aromatic heterocycles. The summed E-state index contributed by atoms with van der Waals surface area (Å²) < 4.78 is 2.22. The summed E-state index contributed by atoms with van der Waals surface area (Å²) in [6.45, 7) is -0.763. The van der Waals surface area contributed by atoms with Gasteiger partial charge < -0.3 is 15.5 Å². The highest BCUT2D eigenvalue weighted by atomic mass is 16.4. The van der Waals surface area contributed by atoms with Gasteiger partial charge in [-0.15, -0.1) is 5.10 Å². The first-order chi connectivity index (χ1) is 10.0. The standard InChI is InChI=1S/C12H14N4O5/c17-6-4-8(11(19)20)13-10(18)7-16-12(21)15-5-2-1-3-9(15)14-16/h1-3,5,8,17H,4,6-7H2,(H,13,18)(H,19,20). The van der Waals surface area contributed by atoms with Crippen LogP contribution in [0.25, 0.3) is 5.65 Å². The van der Waals surface area contributed by atoms with Crippen LogP contribution in [0, 0.1) is 0 Å². The SMILES string of the molecule is O=C(Cn1nc2ccccn2c1=O)NC(CCO)C(=O)O. The van der Waals surface area contributed by atoms with Crippen LogP contribution in [0.5, 0.6) is 0 Å². The highest BCUT2D eigenvalue weighted by Crippen LogP contribution is 1.96. The number of nitrogens with zero attached hydrogens (tertiary/aromatic N) is 3. The number of pyridine rings is 1. The maximum atomic E-state index is 11.9. The molecule has 9 heteroatoms. The molecule has 0 fully saturated rings. The monoisotopic (exact) mass is 294 g/mol. The molecule has 1 amide bonds. The Bertz CT molecular complexity index is 720. The second-order valence-corrected chi connectivity index (χ2v) is 4.34. The summed E-state index contributed by atoms with van der Waals surface area (Å²) in [6, 6.07) is 3.77. The fourth-order valence-electron chi connectivity index (χ4n) is 1.83. The number of aromatic nitrogens is 3. The molecule has 2 rings (SSSR count). The molecule has 0 spiro atoms. The van der Waals surface area contributed by atoms with Gasteiger partial charge >= 0.3 is 11.7 Å². The Balaban J connectivity index is 2.12. The zero-order valence-corrected chi connectivity index (χ0v) is 11.0. The number of fused-ring (bicyclic) bond motifs is 1. The summed E-state index contributed by atoms with van der Waals surface area (Å²) in [5.74, 6) is -1.92. The second kappa shape index (κ2) is 6.18. The van der Waals surface area contributed by atoms with Crippen LogP contribution in [0.4, 0.5) is 0 Å². The van der Waals surface area contributed by atoms with Gasteiger partial charge in [0, 0.05) is 19.2 Å². The number of aliphatic hydroxyl groups excluding tert-OH is 1. The predicted octanol–water partition coefficient (Wildman–Crippen LogP) is -1.55. The number of hydrogen-bond acceptors (Lipinski definition) is 5. The molecule has 0 aliphatic carbocycles. The van der Waals surface area contributed by atoms with Crippen molar-refractivity contribution >= 4 is 17.5 Å². The van der Waals surface area contributed by atoms with Gasteiger partial charge in [0.15, 0.2) is 5.65 Å². The first kappa shape index (κ1) is 14.7. The van der Waals surface area contributed by atoms with Gasteiger partial charge in [0.1, 0.15) is 12.6 Å². The molecule has 1 atom stereocenters. The number of nitrogens with one attached hydrogen (secondary N) is 1. The lowest BCUT2D eigenvalue weighted by atomic mass is 10.2. The minimum absolute atomic E-state index is 0.110. The average Bonchev–Trinajstić information content (AvgIpc) is 2.75. The predicted molar refractivity (Wildman–Crippen MR) is 70.7 cm³/mol. The van der Waals surface area contributed by atoms with E-state index in [0.717, 1.165) is 4.68 Å². The van der Waals surface area contributed by atoms with Crippen molar-refractivity contribution in [3.63, 3.8) is 0 Å². The number of carbonyl (C=O) groups excluding carboxylic acids is 1. The van der Waals surface area contributed by atoms with Gasteiger partial charge in [-0.05, 0) is 12.1 Å². The lowest BCUT2D eigenvalue weighted by Gasteiger charge is -2.12. The Kier molecular flexibility index (Phi) is 4.33. The van der Waals surface area contributed by atoms with E-state index < -0.39 is 30.2 Å². The van der Waals surface area contributed by atoms with Crippen molar-refractivity contribution in [1.82, 2.24) is 19.5 Å². The third-order valence-corrected chi connectivity index (χ3v) is 2.83. The van der Waals surface area contributed by atoms with Crippen molar-refractivity contribution in [3.05, 3.63) is 34.9 Å². The maximum Gasteiger partial charge on any atom is 0.350 e. The molecule has 0 radical (unpaired) electrons. The number of carbonyl (C=O) groups is 2. The van der Waals surface area contributed by atoms with Crippen molar-refractivity contribution in [2.75, 3.05) is 6.61 Å². The van der Waals surface area contributed by atoms with Crippen molar-refractivity contribution in [3.8, 4) is 0 Å². The first-order valence-corrected chi connectivity index (χ1v) is 6.20. The molecule has 0 aliphatic heterocycles. The van der Waals surface area contributed by atoms with E-state index in [0.29, 0.717) is 5.65 Å². The van der Waals surface area contributed by atoms with Crippen LogP contribution in [-0.2, 0) is 16.1 Å². The van der Waals surface area contributed by atoms with Gasteiger partial charge in [-0.3, -0.25) is 9.20 Å². The lowest BCUT2D eigenvalue weighted by Crippen LogP contribution is -2.43. The van der Waals surface area contributed by atoms with E-state index >= 15 is 0 Å². The molecule has 0 aliphatic rings. The molecule has 21 heavy (non-hydrogen) atoms. The Morgan fingerprint density at radius 3 is 2.76 bits per heavy atom. The quantitative estimate of drug-likeness (QED) is 0.592. The minimum Gasteiger partial charge on any atom is -0.480 e. The molecule has 2 aromatic rings. The largest absolute Gasteiger partial charge is 0.480 e. The summed E-state index contributed by atoms with van der Waals surface area (Å²) in [5, 5.41) is 23.8. The van der Waals surface area contributed by atoms with Gasteiger partial charge in [-0.25, -0.2) is 14.3 Å². The van der Waals surface area contributed by atoms with E-state index in [9.17, 15) is 14.4 Å². The molecule has 0 bridgehead atoms. The molecule has 0 saturated heterocycles. The average molecular weight is 294 g/mol. The summed E-state index contributed by atoms with van der Waals surface area (Å²) in [6.07, 6.45) is 1.41. The van der Waals surface area contributed by atoms with E-state index in [1.54, 1.807) is 18.2 Å². The Hall–Kier alpha value is -2.68. The molecular formula is C12H14N4O5. The molecule has 2 heterocycles. The minimum atomic E-state index is -1.25. The van der Waals surface area contributed by atoms with Crippen LogP contribution >= 0.6 is 0 Å². The van der Waals surface area contributed by atoms with Crippen LogP contribution in [0.3, 0.4) is 0 Å². The maximum absolute atomic E-state index is 11.9. The van der Waals surface area contributed by atoms with Crippen LogP contribution in [0.1, 0.15) is 6.42 Å². The summed E-state index contributed by atoms with van der Waals surface area (Å²) in [4.78, 5) is 34.6. The van der Waals surface area contributed by atoms with E-state index in [-0.39, 0.29) is 13.0 Å². The smallest absolute Gasteiger partial charge is 0.350 e. The van der Waals surface area contributed by atoms with Gasteiger partial charge in [0.05, 0.1) is 0 Å². The fraction of sp³-hybridized carbons (Fsp3) is 0.333. The van der Waals surface area contributed by atoms with Crippen molar-refractivity contribution in [2.24, 2.45) is 0 Å². The van der Waals surface area contributed by atoms with Gasteiger partial charge in [0.2, 0.25) is 5.91 Å². The zero-order valence-electron chi connectivity index (χ0n) is 11.0. The van der Waals surface area contributed by atoms with E-state index in [1.165, 1.54) is 10.6 Å². The summed E-state index contributed by atoms with van der Waals surface area (Å²) in [5.41, 5.74) is -0.102. The number of amides is 1. The zero-order chi connectivity index (χ0) is 15.4. The van der Waals surface area contributed by atoms with Crippen molar-refractivity contribution in [2.45, 2.75) is 19.0 Å². The van der Waals surface area contributed by atoms with Crippen molar-refractivity contribution in [1.29, 1.82) is 0 Å². The highest BCUT2D eigenvalue weighted by molar-refractivity contribution is 5.83. The first-order valence-electron chi connectivity index (χ1n) is 6.20. The highest BCUT2D eigenvalue weighted by Gasteiger charge is 2.20. The Labute approximate surface area is 118 Å². The molecule has 3 N–H and O–H groups in total. The Morgan fingerprint density at radius 2 is 2.14 bits per heavy atom.